The number of benzene rings is 3. The fourth-order valence-electron chi connectivity index (χ4n) is 2.51. The number of hydrogen-bond acceptors (Lipinski definition) is 6. The highest BCUT2D eigenvalue weighted by molar-refractivity contribution is 6.39. The molecule has 0 radical (unpaired) electrons. The summed E-state index contributed by atoms with van der Waals surface area (Å²) in [6.45, 7) is 0. The first-order valence-electron chi connectivity index (χ1n) is 9.21. The Morgan fingerprint density at radius 1 is 0.839 bits per heavy atom. The Bertz CT molecular complexity index is 1100. The molecule has 3 aromatic rings. The fourth-order valence-corrected chi connectivity index (χ4v) is 2.51. The lowest BCUT2D eigenvalue weighted by Gasteiger charge is -2.08. The lowest BCUT2D eigenvalue weighted by Crippen LogP contribution is -2.32. The minimum Gasteiger partial charge on any atom is -0.495 e. The second-order valence-electron chi connectivity index (χ2n) is 6.18. The molecule has 0 saturated carbocycles. The number of ether oxygens (including phenoxy) is 2. The molecule has 0 atom stereocenters. The number of nitrogens with zero attached hydrogens (tertiary/aromatic N) is 1. The van der Waals surface area contributed by atoms with E-state index in [4.69, 9.17) is 9.47 Å². The van der Waals surface area contributed by atoms with Crippen LogP contribution in [0.25, 0.3) is 0 Å². The van der Waals surface area contributed by atoms with Crippen molar-refractivity contribution in [1.29, 1.82) is 0 Å². The normalized spacial score (nSPS) is 10.4. The average molecular weight is 417 g/mol. The van der Waals surface area contributed by atoms with Crippen molar-refractivity contribution in [1.82, 2.24) is 5.43 Å². The van der Waals surface area contributed by atoms with Crippen molar-refractivity contribution in [2.24, 2.45) is 5.10 Å². The fraction of sp³-hybridized carbons (Fsp3) is 0.0435. The Morgan fingerprint density at radius 3 is 2.23 bits per heavy atom. The van der Waals surface area contributed by atoms with E-state index in [1.165, 1.54) is 13.3 Å². The van der Waals surface area contributed by atoms with Crippen molar-refractivity contribution in [3.63, 3.8) is 0 Å². The molecule has 0 saturated heterocycles. The van der Waals surface area contributed by atoms with Gasteiger partial charge in [0.2, 0.25) is 0 Å². The first-order chi connectivity index (χ1) is 15.1. The van der Waals surface area contributed by atoms with E-state index in [1.807, 2.05) is 6.07 Å². The molecule has 31 heavy (non-hydrogen) atoms. The molecule has 2 N–H and O–H groups in total. The second kappa shape index (κ2) is 10.4. The quantitative estimate of drug-likeness (QED) is 0.211. The van der Waals surface area contributed by atoms with E-state index in [9.17, 15) is 14.4 Å². The van der Waals surface area contributed by atoms with Crippen molar-refractivity contribution >= 4 is 29.7 Å². The summed E-state index contributed by atoms with van der Waals surface area (Å²) in [5.74, 6) is -1.48. The molecule has 0 spiro atoms. The zero-order valence-corrected chi connectivity index (χ0v) is 16.6. The van der Waals surface area contributed by atoms with Crippen LogP contribution in [0, 0.1) is 0 Å². The molecule has 0 aliphatic heterocycles. The average Bonchev–Trinajstić information content (AvgIpc) is 2.81. The van der Waals surface area contributed by atoms with Crippen molar-refractivity contribution in [2.45, 2.75) is 0 Å². The molecule has 2 amide bonds. The lowest BCUT2D eigenvalue weighted by atomic mass is 10.2. The first kappa shape index (κ1) is 21.3. The lowest BCUT2D eigenvalue weighted by molar-refractivity contribution is -0.136. The van der Waals surface area contributed by atoms with E-state index >= 15 is 0 Å². The number of methoxy groups -OCH3 is 1. The predicted molar refractivity (Wildman–Crippen MR) is 115 cm³/mol. The van der Waals surface area contributed by atoms with Gasteiger partial charge < -0.3 is 14.8 Å². The third-order valence-corrected chi connectivity index (χ3v) is 4.04. The van der Waals surface area contributed by atoms with E-state index in [0.717, 1.165) is 0 Å². The maximum Gasteiger partial charge on any atom is 0.343 e. The third-order valence-electron chi connectivity index (χ3n) is 4.04. The van der Waals surface area contributed by atoms with Gasteiger partial charge >= 0.3 is 17.8 Å². The summed E-state index contributed by atoms with van der Waals surface area (Å²) in [6, 6.07) is 21.8. The van der Waals surface area contributed by atoms with Gasteiger partial charge in [0, 0.05) is 0 Å². The Morgan fingerprint density at radius 2 is 1.52 bits per heavy atom. The summed E-state index contributed by atoms with van der Waals surface area (Å²) in [5, 5.41) is 6.21. The zero-order chi connectivity index (χ0) is 22.1. The summed E-state index contributed by atoms with van der Waals surface area (Å²) in [4.78, 5) is 35.9. The third kappa shape index (κ3) is 6.01. The van der Waals surface area contributed by atoms with Gasteiger partial charge in [-0.15, -0.1) is 0 Å². The van der Waals surface area contributed by atoms with Crippen LogP contribution in [0.4, 0.5) is 5.69 Å². The number of amides is 2. The number of hydrazone groups is 1. The Hall–Kier alpha value is -4.46. The molecule has 0 aromatic heterocycles. The van der Waals surface area contributed by atoms with Gasteiger partial charge in [0.1, 0.15) is 11.5 Å². The molecule has 156 valence electrons. The molecule has 0 heterocycles. The topological polar surface area (TPSA) is 106 Å². The maximum atomic E-state index is 12.0. The van der Waals surface area contributed by atoms with Gasteiger partial charge in [-0.05, 0) is 54.1 Å². The van der Waals surface area contributed by atoms with Crippen LogP contribution in [0.1, 0.15) is 15.9 Å². The molecule has 0 aliphatic carbocycles. The molecule has 3 rings (SSSR count). The molecule has 8 heteroatoms. The van der Waals surface area contributed by atoms with Crippen LogP contribution in [0.2, 0.25) is 0 Å². The number of nitrogens with one attached hydrogen (secondary N) is 2. The minimum atomic E-state index is -0.935. The van der Waals surface area contributed by atoms with Crippen LogP contribution < -0.4 is 20.2 Å². The number of carbonyl (C=O) groups excluding carboxylic acids is 3. The van der Waals surface area contributed by atoms with Crippen molar-refractivity contribution in [3.8, 4) is 11.5 Å². The van der Waals surface area contributed by atoms with Gasteiger partial charge in [0.25, 0.3) is 0 Å². The van der Waals surface area contributed by atoms with Crippen LogP contribution >= 0.6 is 0 Å². The number of anilines is 1. The number of rotatable bonds is 6. The number of para-hydroxylation sites is 2. The SMILES string of the molecule is COc1ccccc1NC(=O)C(=O)N/N=C\c1ccc(OC(=O)c2ccccc2)cc1. The summed E-state index contributed by atoms with van der Waals surface area (Å²) < 4.78 is 10.4. The van der Waals surface area contributed by atoms with Crippen LogP contribution in [-0.4, -0.2) is 31.1 Å². The first-order valence-corrected chi connectivity index (χ1v) is 9.21. The molecule has 3 aromatic carbocycles. The molecule has 0 unspecified atom stereocenters. The van der Waals surface area contributed by atoms with Crippen LogP contribution in [0.15, 0.2) is 84.0 Å². The number of esters is 1. The number of hydrogen-bond donors (Lipinski definition) is 2. The summed E-state index contributed by atoms with van der Waals surface area (Å²) >= 11 is 0. The van der Waals surface area contributed by atoms with E-state index in [2.05, 4.69) is 15.8 Å². The molecule has 8 nitrogen and oxygen atoms in total. The highest BCUT2D eigenvalue weighted by Gasteiger charge is 2.14. The van der Waals surface area contributed by atoms with E-state index in [-0.39, 0.29) is 0 Å². The number of carbonyl (C=O) groups is 3. The van der Waals surface area contributed by atoms with Gasteiger partial charge in [0.05, 0.1) is 24.6 Å². The largest absolute Gasteiger partial charge is 0.495 e. The Balaban J connectivity index is 1.51. The standard InChI is InChI=1S/C23H19N3O5/c1-30-20-10-6-5-9-19(20)25-21(27)22(28)26-24-15-16-11-13-18(14-12-16)31-23(29)17-7-3-2-4-8-17/h2-15H,1H3,(H,25,27)(H,26,28)/b24-15-. The highest BCUT2D eigenvalue weighted by atomic mass is 16.5. The summed E-state index contributed by atoms with van der Waals surface area (Å²) in [6.07, 6.45) is 1.36. The predicted octanol–water partition coefficient (Wildman–Crippen LogP) is 3.00. The summed E-state index contributed by atoms with van der Waals surface area (Å²) in [7, 11) is 1.46. The molecular formula is C23H19N3O5. The zero-order valence-electron chi connectivity index (χ0n) is 16.6. The van der Waals surface area contributed by atoms with Crippen molar-refractivity contribution in [2.75, 3.05) is 12.4 Å². The van der Waals surface area contributed by atoms with Crippen molar-refractivity contribution in [3.05, 3.63) is 90.0 Å². The highest BCUT2D eigenvalue weighted by Crippen LogP contribution is 2.22. The maximum absolute atomic E-state index is 12.0. The Labute approximate surface area is 178 Å². The van der Waals surface area contributed by atoms with E-state index < -0.39 is 17.8 Å². The minimum absolute atomic E-state index is 0.367. The van der Waals surface area contributed by atoms with Gasteiger partial charge in [0.15, 0.2) is 0 Å². The van der Waals surface area contributed by atoms with Crippen LogP contribution in [-0.2, 0) is 9.59 Å². The van der Waals surface area contributed by atoms with E-state index in [1.54, 1.807) is 72.8 Å². The van der Waals surface area contributed by atoms with Crippen LogP contribution in [0.5, 0.6) is 11.5 Å². The van der Waals surface area contributed by atoms with Gasteiger partial charge in [-0.2, -0.15) is 5.10 Å². The van der Waals surface area contributed by atoms with Gasteiger partial charge in [-0.1, -0.05) is 30.3 Å². The molecule has 0 aliphatic rings. The Kier molecular flexibility index (Phi) is 7.10. The molecule has 0 fully saturated rings. The molecule has 0 bridgehead atoms. The van der Waals surface area contributed by atoms with Gasteiger partial charge in [-0.3, -0.25) is 9.59 Å². The van der Waals surface area contributed by atoms with Gasteiger partial charge in [-0.25, -0.2) is 10.2 Å². The monoisotopic (exact) mass is 417 g/mol. The smallest absolute Gasteiger partial charge is 0.343 e. The molecular weight excluding hydrogens is 398 g/mol. The second-order valence-corrected chi connectivity index (χ2v) is 6.18. The van der Waals surface area contributed by atoms with Crippen LogP contribution in [0.3, 0.4) is 0 Å². The van der Waals surface area contributed by atoms with Crippen molar-refractivity contribution < 1.29 is 23.9 Å². The summed E-state index contributed by atoms with van der Waals surface area (Å²) in [5.41, 5.74) is 3.60. The van der Waals surface area contributed by atoms with E-state index in [0.29, 0.717) is 28.3 Å².